The topological polar surface area (TPSA) is 63.1 Å². The molecule has 1 aliphatic carbocycles. The third-order valence-electron chi connectivity index (χ3n) is 5.97. The summed E-state index contributed by atoms with van der Waals surface area (Å²) in [6, 6.07) is 0.279. The molecule has 2 aliphatic rings. The van der Waals surface area contributed by atoms with Gasteiger partial charge in [-0.3, -0.25) is 0 Å². The van der Waals surface area contributed by atoms with Crippen molar-refractivity contribution in [2.24, 2.45) is 5.92 Å². The van der Waals surface area contributed by atoms with Gasteiger partial charge in [-0.05, 0) is 38.5 Å². The molecule has 2 amide bonds. The Bertz CT molecular complexity index is 591. The number of carbonyl (C=O) groups excluding carboxylic acids is 1. The number of hydrogen-bond acceptors (Lipinski definition) is 3. The van der Waals surface area contributed by atoms with E-state index in [9.17, 15) is 4.79 Å². The van der Waals surface area contributed by atoms with Crippen molar-refractivity contribution in [2.75, 3.05) is 7.05 Å². The molecule has 1 fully saturated rings. The Morgan fingerprint density at radius 3 is 2.56 bits per heavy atom. The lowest BCUT2D eigenvalue weighted by Gasteiger charge is -2.35. The van der Waals surface area contributed by atoms with E-state index in [0.29, 0.717) is 11.8 Å². The Hall–Kier alpha value is -1.59. The Labute approximate surface area is 151 Å². The van der Waals surface area contributed by atoms with Crippen LogP contribution in [0.3, 0.4) is 0 Å². The van der Waals surface area contributed by atoms with E-state index in [1.165, 1.54) is 32.1 Å². The van der Waals surface area contributed by atoms with Gasteiger partial charge >= 0.3 is 6.03 Å². The first kappa shape index (κ1) is 18.2. The van der Waals surface area contributed by atoms with Crippen molar-refractivity contribution in [1.29, 1.82) is 0 Å². The van der Waals surface area contributed by atoms with Crippen molar-refractivity contribution < 1.29 is 4.79 Å². The lowest BCUT2D eigenvalue weighted by Crippen LogP contribution is -2.47. The first-order valence-corrected chi connectivity index (χ1v) is 9.95. The third kappa shape index (κ3) is 3.98. The second-order valence-electron chi connectivity index (χ2n) is 8.10. The summed E-state index contributed by atoms with van der Waals surface area (Å²) in [5.41, 5.74) is 0. The highest BCUT2D eigenvalue weighted by Gasteiger charge is 2.30. The smallest absolute Gasteiger partial charge is 0.317 e. The summed E-state index contributed by atoms with van der Waals surface area (Å²) >= 11 is 0. The van der Waals surface area contributed by atoms with Crippen LogP contribution in [0, 0.1) is 5.92 Å². The van der Waals surface area contributed by atoms with Gasteiger partial charge in [0.25, 0.3) is 0 Å². The predicted molar refractivity (Wildman–Crippen MR) is 98.4 cm³/mol. The van der Waals surface area contributed by atoms with Crippen LogP contribution in [-0.2, 0) is 6.54 Å². The first-order chi connectivity index (χ1) is 12.0. The first-order valence-electron chi connectivity index (χ1n) is 9.95. The number of hydrogen-bond donors (Lipinski definition) is 1. The molecule has 0 bridgehead atoms. The number of carbonyl (C=O) groups is 1. The average molecular weight is 348 g/mol. The van der Waals surface area contributed by atoms with E-state index in [1.54, 1.807) is 0 Å². The van der Waals surface area contributed by atoms with Crippen LogP contribution in [0.15, 0.2) is 0 Å². The Morgan fingerprint density at radius 1 is 1.16 bits per heavy atom. The minimum Gasteiger partial charge on any atom is -0.328 e. The Balaban J connectivity index is 1.65. The van der Waals surface area contributed by atoms with Crippen molar-refractivity contribution in [3.8, 4) is 0 Å². The van der Waals surface area contributed by atoms with Gasteiger partial charge in [0.05, 0.1) is 6.04 Å². The monoisotopic (exact) mass is 347 g/mol. The van der Waals surface area contributed by atoms with Gasteiger partial charge in [0.2, 0.25) is 0 Å². The SMILES string of the molecule is CC(C)c1nc2n(n1)CCC[C@H]2NC(=O)N(C)[C@H](C)C1CCCCC1. The minimum absolute atomic E-state index is 0.0191. The molecule has 0 saturated heterocycles. The number of rotatable bonds is 4. The molecule has 140 valence electrons. The summed E-state index contributed by atoms with van der Waals surface area (Å²) in [5.74, 6) is 2.73. The van der Waals surface area contributed by atoms with Crippen molar-refractivity contribution in [3.05, 3.63) is 11.6 Å². The average Bonchev–Trinajstić information content (AvgIpc) is 3.07. The standard InChI is InChI=1S/C19H33N5O/c1-13(2)17-21-18-16(11-8-12-24(18)22-17)20-19(25)23(4)14(3)15-9-6-5-7-10-15/h13-16H,5-12H2,1-4H3,(H,20,25)/t14-,16-/m1/s1. The quantitative estimate of drug-likeness (QED) is 0.900. The number of urea groups is 1. The molecule has 3 rings (SSSR count). The van der Waals surface area contributed by atoms with E-state index in [4.69, 9.17) is 4.98 Å². The lowest BCUT2D eigenvalue weighted by molar-refractivity contribution is 0.151. The summed E-state index contributed by atoms with van der Waals surface area (Å²) in [6.07, 6.45) is 8.40. The molecule has 2 atom stereocenters. The normalized spacial score (nSPS) is 22.5. The summed E-state index contributed by atoms with van der Waals surface area (Å²) in [6.45, 7) is 7.30. The molecule has 25 heavy (non-hydrogen) atoms. The van der Waals surface area contributed by atoms with Crippen LogP contribution in [0.5, 0.6) is 0 Å². The molecule has 0 radical (unpaired) electrons. The highest BCUT2D eigenvalue weighted by atomic mass is 16.2. The molecule has 2 heterocycles. The van der Waals surface area contributed by atoms with Gasteiger partial charge in [-0.25, -0.2) is 14.5 Å². The maximum atomic E-state index is 12.8. The maximum absolute atomic E-state index is 12.8. The fourth-order valence-electron chi connectivity index (χ4n) is 4.12. The zero-order chi connectivity index (χ0) is 18.0. The summed E-state index contributed by atoms with van der Waals surface area (Å²) in [7, 11) is 1.93. The molecule has 0 aromatic carbocycles. The Morgan fingerprint density at radius 2 is 1.88 bits per heavy atom. The van der Waals surface area contributed by atoms with Crippen LogP contribution >= 0.6 is 0 Å². The van der Waals surface area contributed by atoms with E-state index in [2.05, 4.69) is 31.2 Å². The van der Waals surface area contributed by atoms with Crippen molar-refractivity contribution in [2.45, 2.75) is 90.3 Å². The van der Waals surface area contributed by atoms with Crippen LogP contribution in [0.1, 0.15) is 89.3 Å². The van der Waals surface area contributed by atoms with Gasteiger partial charge in [0.15, 0.2) is 5.82 Å². The number of aromatic nitrogens is 3. The van der Waals surface area contributed by atoms with Gasteiger partial charge in [-0.1, -0.05) is 33.1 Å². The number of fused-ring (bicyclic) bond motifs is 1. The number of aryl methyl sites for hydroxylation is 1. The fourth-order valence-corrected chi connectivity index (χ4v) is 4.12. The molecule has 1 aromatic heterocycles. The van der Waals surface area contributed by atoms with Crippen molar-refractivity contribution in [1.82, 2.24) is 25.0 Å². The largest absolute Gasteiger partial charge is 0.328 e. The lowest BCUT2D eigenvalue weighted by atomic mass is 9.84. The molecule has 6 heteroatoms. The zero-order valence-corrected chi connectivity index (χ0v) is 16.2. The van der Waals surface area contributed by atoms with Crippen LogP contribution in [0.4, 0.5) is 4.79 Å². The molecule has 0 unspecified atom stereocenters. The van der Waals surface area contributed by atoms with Crippen molar-refractivity contribution in [3.63, 3.8) is 0 Å². The summed E-state index contributed by atoms with van der Waals surface area (Å²) in [5, 5.41) is 7.81. The predicted octanol–water partition coefficient (Wildman–Crippen LogP) is 3.85. The fraction of sp³-hybridized carbons (Fsp3) is 0.842. The van der Waals surface area contributed by atoms with E-state index in [0.717, 1.165) is 31.0 Å². The van der Waals surface area contributed by atoms with E-state index in [1.807, 2.05) is 16.6 Å². The highest BCUT2D eigenvalue weighted by Crippen LogP contribution is 2.29. The van der Waals surface area contributed by atoms with Gasteiger partial charge in [0, 0.05) is 25.6 Å². The molecule has 1 aromatic rings. The van der Waals surface area contributed by atoms with Gasteiger partial charge < -0.3 is 10.2 Å². The zero-order valence-electron chi connectivity index (χ0n) is 16.2. The van der Waals surface area contributed by atoms with E-state index >= 15 is 0 Å². The minimum atomic E-state index is -0.0257. The number of nitrogens with one attached hydrogen (secondary N) is 1. The summed E-state index contributed by atoms with van der Waals surface area (Å²) < 4.78 is 1.98. The highest BCUT2D eigenvalue weighted by molar-refractivity contribution is 5.74. The third-order valence-corrected chi connectivity index (χ3v) is 5.97. The van der Waals surface area contributed by atoms with E-state index < -0.39 is 0 Å². The Kier molecular flexibility index (Phi) is 5.64. The molecular weight excluding hydrogens is 314 g/mol. The van der Waals surface area contributed by atoms with Gasteiger partial charge in [0.1, 0.15) is 5.82 Å². The van der Waals surface area contributed by atoms with Gasteiger partial charge in [-0.2, -0.15) is 5.10 Å². The molecular formula is C19H33N5O. The van der Waals surface area contributed by atoms with Crippen LogP contribution in [0.2, 0.25) is 0 Å². The van der Waals surface area contributed by atoms with Crippen molar-refractivity contribution >= 4 is 6.03 Å². The molecule has 6 nitrogen and oxygen atoms in total. The second-order valence-corrected chi connectivity index (χ2v) is 8.10. The molecule has 1 aliphatic heterocycles. The molecule has 1 N–H and O–H groups in total. The molecule has 1 saturated carbocycles. The van der Waals surface area contributed by atoms with Crippen LogP contribution in [-0.4, -0.2) is 38.8 Å². The number of nitrogens with zero attached hydrogens (tertiary/aromatic N) is 4. The van der Waals surface area contributed by atoms with Crippen LogP contribution < -0.4 is 5.32 Å². The van der Waals surface area contributed by atoms with Gasteiger partial charge in [-0.15, -0.1) is 0 Å². The summed E-state index contributed by atoms with van der Waals surface area (Å²) in [4.78, 5) is 19.4. The number of amides is 2. The maximum Gasteiger partial charge on any atom is 0.317 e. The van der Waals surface area contributed by atoms with E-state index in [-0.39, 0.29) is 18.1 Å². The second kappa shape index (κ2) is 7.75. The van der Waals surface area contributed by atoms with Crippen LogP contribution in [0.25, 0.3) is 0 Å². The molecule has 0 spiro atoms.